The van der Waals surface area contributed by atoms with Gasteiger partial charge in [0, 0.05) is 18.7 Å². The number of rotatable bonds is 5. The summed E-state index contributed by atoms with van der Waals surface area (Å²) in [6, 6.07) is 5.66. The molecule has 0 aliphatic carbocycles. The largest absolute Gasteiger partial charge is 0.465 e. The minimum atomic E-state index is -0.600. The Hall–Kier alpha value is -1.82. The summed E-state index contributed by atoms with van der Waals surface area (Å²) in [5, 5.41) is 1.07. The maximum Gasteiger partial charge on any atom is 0.337 e. The second kappa shape index (κ2) is 8.04. The molecule has 0 aromatic heterocycles. The van der Waals surface area contributed by atoms with Crippen molar-refractivity contribution in [3.8, 4) is 0 Å². The van der Waals surface area contributed by atoms with Crippen LogP contribution in [-0.4, -0.2) is 42.0 Å². The first-order valence-corrected chi connectivity index (χ1v) is 9.95. The molecule has 1 aromatic carbocycles. The topological polar surface area (TPSA) is 65.0 Å². The molecule has 1 aliphatic rings. The van der Waals surface area contributed by atoms with Crippen LogP contribution in [0.3, 0.4) is 0 Å². The number of hydrogen-bond donors (Lipinski definition) is 1. The van der Waals surface area contributed by atoms with Crippen LogP contribution in [-0.2, 0) is 14.3 Å². The maximum atomic E-state index is 12.0. The van der Waals surface area contributed by atoms with E-state index in [2.05, 4.69) is 4.99 Å². The number of nitrogens with zero attached hydrogens (tertiary/aromatic N) is 1. The van der Waals surface area contributed by atoms with Crippen molar-refractivity contribution < 1.29 is 19.1 Å². The molecule has 2 rings (SSSR count). The van der Waals surface area contributed by atoms with Crippen LogP contribution in [0.1, 0.15) is 49.5 Å². The van der Waals surface area contributed by atoms with Gasteiger partial charge in [0.05, 0.1) is 24.1 Å². The van der Waals surface area contributed by atoms with Crippen molar-refractivity contribution in [2.24, 2.45) is 4.99 Å². The predicted octanol–water partition coefficient (Wildman–Crippen LogP) is 3.68. The van der Waals surface area contributed by atoms with Gasteiger partial charge in [-0.2, -0.15) is 10.9 Å². The van der Waals surface area contributed by atoms with Crippen molar-refractivity contribution in [3.05, 3.63) is 29.3 Å². The molecule has 1 atom stereocenters. The molecule has 0 bridgehead atoms. The zero-order valence-corrected chi connectivity index (χ0v) is 16.5. The van der Waals surface area contributed by atoms with E-state index in [0.717, 1.165) is 27.8 Å². The van der Waals surface area contributed by atoms with Crippen LogP contribution in [0.4, 0.5) is 0 Å². The molecule has 1 unspecified atom stereocenters. The van der Waals surface area contributed by atoms with Crippen LogP contribution in [0.15, 0.2) is 28.1 Å². The van der Waals surface area contributed by atoms with E-state index in [9.17, 15) is 9.59 Å². The Balaban J connectivity index is 2.11. The second-order valence-corrected chi connectivity index (χ2v) is 9.33. The number of benzene rings is 1. The molecular weight excluding hydrogens is 338 g/mol. The molecule has 1 heterocycles. The highest BCUT2D eigenvalue weighted by Gasteiger charge is 2.24. The van der Waals surface area contributed by atoms with E-state index < -0.39 is 16.5 Å². The van der Waals surface area contributed by atoms with E-state index in [1.165, 1.54) is 7.11 Å². The summed E-state index contributed by atoms with van der Waals surface area (Å²) in [4.78, 5) is 29.6. The molecule has 1 aliphatic heterocycles. The van der Waals surface area contributed by atoms with Crippen LogP contribution in [0.25, 0.3) is 0 Å². The van der Waals surface area contributed by atoms with Gasteiger partial charge in [0.2, 0.25) is 0 Å². The molecule has 0 radical (unpaired) electrons. The Morgan fingerprint density at radius 2 is 2.00 bits per heavy atom. The molecule has 138 valence electrons. The second-order valence-electron chi connectivity index (χ2n) is 7.03. The summed E-state index contributed by atoms with van der Waals surface area (Å²) in [6.45, 7) is 8.42. The average molecular weight is 365 g/mol. The van der Waals surface area contributed by atoms with Crippen LogP contribution >= 0.6 is 10.9 Å². The highest BCUT2D eigenvalue weighted by atomic mass is 32.2. The van der Waals surface area contributed by atoms with Gasteiger partial charge in [0.15, 0.2) is 0 Å². The minimum absolute atomic E-state index is 0.197. The van der Waals surface area contributed by atoms with E-state index in [4.69, 9.17) is 9.47 Å². The van der Waals surface area contributed by atoms with Crippen LogP contribution in [0, 0.1) is 6.92 Å². The third kappa shape index (κ3) is 5.33. The molecule has 0 saturated carbocycles. The Bertz CT molecular complexity index is 691. The molecule has 0 spiro atoms. The normalized spacial score (nSPS) is 18.6. The van der Waals surface area contributed by atoms with E-state index in [-0.39, 0.29) is 11.9 Å². The number of methoxy groups -OCH3 is 1. The fourth-order valence-corrected chi connectivity index (χ4v) is 5.24. The van der Waals surface area contributed by atoms with Crippen LogP contribution in [0.2, 0.25) is 0 Å². The Morgan fingerprint density at radius 1 is 1.28 bits per heavy atom. The first-order valence-electron chi connectivity index (χ1n) is 8.43. The van der Waals surface area contributed by atoms with E-state index in [1.807, 2.05) is 39.8 Å². The number of hydrogen-bond acceptors (Lipinski definition) is 5. The molecule has 0 saturated heterocycles. The maximum absolute atomic E-state index is 12.0. The van der Waals surface area contributed by atoms with Gasteiger partial charge in [0.1, 0.15) is 5.60 Å². The van der Waals surface area contributed by atoms with Gasteiger partial charge in [-0.05, 0) is 50.3 Å². The summed E-state index contributed by atoms with van der Waals surface area (Å²) in [6.07, 6.45) is 0.952. The Labute approximate surface area is 152 Å². The van der Waals surface area contributed by atoms with Crippen molar-refractivity contribution in [2.75, 3.05) is 19.4 Å². The number of esters is 2. The Morgan fingerprint density at radius 3 is 2.64 bits per heavy atom. The third-order valence-electron chi connectivity index (χ3n) is 3.82. The number of carbonyl (C=O) groups is 2. The quantitative estimate of drug-likeness (QED) is 0.639. The highest BCUT2D eigenvalue weighted by Crippen LogP contribution is 2.44. The molecule has 1 aromatic rings. The summed E-state index contributed by atoms with van der Waals surface area (Å²) >= 11 is 0. The molecule has 6 heteroatoms. The minimum Gasteiger partial charge on any atom is -0.465 e. The average Bonchev–Trinajstić information content (AvgIpc) is 2.99. The fourth-order valence-electron chi connectivity index (χ4n) is 2.72. The van der Waals surface area contributed by atoms with Crippen molar-refractivity contribution in [3.63, 3.8) is 0 Å². The molecular formula is C19H27NO4S. The fraction of sp³-hybridized carbons (Fsp3) is 0.526. The lowest BCUT2D eigenvalue weighted by Crippen LogP contribution is -2.24. The number of aliphatic imine (C=N–C) groups is 1. The first-order chi connectivity index (χ1) is 11.7. The highest BCUT2D eigenvalue weighted by molar-refractivity contribution is 8.30. The third-order valence-corrected chi connectivity index (χ3v) is 6.52. The van der Waals surface area contributed by atoms with Gasteiger partial charge in [0.25, 0.3) is 0 Å². The van der Waals surface area contributed by atoms with Crippen molar-refractivity contribution in [1.82, 2.24) is 0 Å². The molecule has 25 heavy (non-hydrogen) atoms. The zero-order chi connectivity index (χ0) is 18.6. The first kappa shape index (κ1) is 19.5. The summed E-state index contributed by atoms with van der Waals surface area (Å²) < 4.78 is 10.2. The van der Waals surface area contributed by atoms with Gasteiger partial charge in [-0.15, -0.1) is 0 Å². The molecule has 0 N–H and O–H groups in total. The lowest BCUT2D eigenvalue weighted by Gasteiger charge is -2.22. The van der Waals surface area contributed by atoms with Crippen LogP contribution in [0.5, 0.6) is 0 Å². The van der Waals surface area contributed by atoms with Crippen molar-refractivity contribution >= 4 is 27.9 Å². The van der Waals surface area contributed by atoms with Gasteiger partial charge < -0.3 is 9.47 Å². The number of thiol groups is 1. The van der Waals surface area contributed by atoms with E-state index in [0.29, 0.717) is 18.4 Å². The molecule has 0 amide bonds. The van der Waals surface area contributed by atoms with Crippen LogP contribution < -0.4 is 0 Å². The van der Waals surface area contributed by atoms with Gasteiger partial charge >= 0.3 is 11.9 Å². The van der Waals surface area contributed by atoms with E-state index >= 15 is 0 Å². The van der Waals surface area contributed by atoms with E-state index in [1.54, 1.807) is 6.07 Å². The van der Waals surface area contributed by atoms with Gasteiger partial charge in [-0.1, -0.05) is 6.07 Å². The monoisotopic (exact) mass is 365 g/mol. The van der Waals surface area contributed by atoms with Crippen molar-refractivity contribution in [1.29, 1.82) is 0 Å². The lowest BCUT2D eigenvalue weighted by atomic mass is 10.1. The van der Waals surface area contributed by atoms with Gasteiger partial charge in [-0.3, -0.25) is 9.79 Å². The smallest absolute Gasteiger partial charge is 0.337 e. The predicted molar refractivity (Wildman–Crippen MR) is 102 cm³/mol. The number of carbonyl (C=O) groups excluding carboxylic acids is 2. The Kier molecular flexibility index (Phi) is 6.27. The summed E-state index contributed by atoms with van der Waals surface area (Å²) in [5.74, 6) is 0.435. The molecule has 0 fully saturated rings. The summed E-state index contributed by atoms with van der Waals surface area (Å²) in [7, 11) is 0.786. The summed E-state index contributed by atoms with van der Waals surface area (Å²) in [5.41, 5.74) is 1.24. The number of aryl methyl sites for hydroxylation is 1. The molecule has 5 nitrogen and oxygen atoms in total. The van der Waals surface area contributed by atoms with Crippen molar-refractivity contribution in [2.45, 2.75) is 51.0 Å². The standard InChI is InChI=1S/C19H27NO4S/c1-13-6-7-14(18(22)23-5)12-15(13)25-11-10-20-16(25)8-9-17(21)24-19(2,3)4/h6-7,12,25H,8-11H2,1-5H3. The lowest BCUT2D eigenvalue weighted by molar-refractivity contribution is -0.154. The number of ether oxygens (including phenoxy) is 2. The zero-order valence-electron chi connectivity index (χ0n) is 15.6. The van der Waals surface area contributed by atoms with Gasteiger partial charge in [-0.25, -0.2) is 4.79 Å². The SMILES string of the molecule is COC(=O)c1ccc(C)c([SH]2CCN=C2CCC(=O)OC(C)(C)C)c1.